The lowest BCUT2D eigenvalue weighted by atomic mass is 9.92. The quantitative estimate of drug-likeness (QED) is 0.822. The van der Waals surface area contributed by atoms with Crippen molar-refractivity contribution in [1.82, 2.24) is 4.72 Å². The molecule has 0 aliphatic rings. The van der Waals surface area contributed by atoms with Crippen LogP contribution in [0.4, 0.5) is 5.69 Å². The number of hydrogen-bond acceptors (Lipinski definition) is 5. The number of amides is 1. The zero-order valence-corrected chi connectivity index (χ0v) is 14.6. The molecular weight excluding hydrogens is 318 g/mol. The number of hydrogen-bond donors (Lipinski definition) is 2. The summed E-state index contributed by atoms with van der Waals surface area (Å²) in [6.45, 7) is 6.34. The van der Waals surface area contributed by atoms with E-state index >= 15 is 0 Å². The Balaban J connectivity index is 3.29. The number of carbonyl (C=O) groups is 1. The number of carbonyl (C=O) groups excluding carboxylic acids is 1. The first-order valence-electron chi connectivity index (χ1n) is 6.96. The van der Waals surface area contributed by atoms with Crippen molar-refractivity contribution in [2.75, 3.05) is 12.4 Å². The summed E-state index contributed by atoms with van der Waals surface area (Å²) in [5.41, 5.74) is -1.00. The first kappa shape index (κ1) is 18.9. The third-order valence-electron chi connectivity index (χ3n) is 3.53. The molecule has 1 atom stereocenters. The van der Waals surface area contributed by atoms with Crippen molar-refractivity contribution in [2.45, 2.75) is 38.1 Å². The van der Waals surface area contributed by atoms with E-state index < -0.39 is 15.6 Å². The Morgan fingerprint density at radius 3 is 2.43 bits per heavy atom. The molecule has 0 unspecified atom stereocenters. The van der Waals surface area contributed by atoms with Gasteiger partial charge in [0.2, 0.25) is 15.9 Å². The van der Waals surface area contributed by atoms with Gasteiger partial charge < -0.3 is 10.1 Å². The maximum absolute atomic E-state index is 12.5. The van der Waals surface area contributed by atoms with Crippen molar-refractivity contribution in [3.63, 3.8) is 0 Å². The van der Waals surface area contributed by atoms with Gasteiger partial charge in [0.15, 0.2) is 0 Å². The van der Waals surface area contributed by atoms with E-state index in [-0.39, 0.29) is 22.4 Å². The number of benzene rings is 1. The summed E-state index contributed by atoms with van der Waals surface area (Å²) in [6, 6.07) is 6.08. The Bertz CT molecular complexity index is 738. The molecule has 0 saturated carbocycles. The monoisotopic (exact) mass is 339 g/mol. The van der Waals surface area contributed by atoms with Gasteiger partial charge in [-0.05, 0) is 31.0 Å². The van der Waals surface area contributed by atoms with Crippen LogP contribution in [0, 0.1) is 17.2 Å². The number of sulfonamides is 1. The van der Waals surface area contributed by atoms with E-state index in [0.29, 0.717) is 5.75 Å². The van der Waals surface area contributed by atoms with Gasteiger partial charge in [0.25, 0.3) is 0 Å². The lowest BCUT2D eigenvalue weighted by molar-refractivity contribution is -0.114. The van der Waals surface area contributed by atoms with Crippen molar-refractivity contribution in [3.05, 3.63) is 18.2 Å². The van der Waals surface area contributed by atoms with Gasteiger partial charge in [0.1, 0.15) is 11.3 Å². The van der Waals surface area contributed by atoms with Crippen molar-refractivity contribution >= 4 is 21.6 Å². The van der Waals surface area contributed by atoms with Crippen LogP contribution in [0.1, 0.15) is 27.7 Å². The Morgan fingerprint density at radius 2 is 2.00 bits per heavy atom. The second-order valence-electron chi connectivity index (χ2n) is 5.62. The standard InChI is InChI=1S/C15H21N3O4S/c1-10(2)15(4,9-16)18-23(20,21)12-6-7-14(22-5)13(8-12)17-11(3)19/h6-8,10,18H,1-5H3,(H,17,19)/t15-/m0/s1. The summed E-state index contributed by atoms with van der Waals surface area (Å²) in [5.74, 6) is -0.240. The highest BCUT2D eigenvalue weighted by Crippen LogP contribution is 2.28. The normalized spacial score (nSPS) is 14.0. The average Bonchev–Trinajstić information content (AvgIpc) is 2.45. The maximum Gasteiger partial charge on any atom is 0.242 e. The number of methoxy groups -OCH3 is 1. The summed E-state index contributed by atoms with van der Waals surface area (Å²) in [6.07, 6.45) is 0. The van der Waals surface area contributed by atoms with E-state index in [2.05, 4.69) is 10.0 Å². The minimum atomic E-state index is -3.94. The van der Waals surface area contributed by atoms with Gasteiger partial charge in [-0.15, -0.1) is 0 Å². The lowest BCUT2D eigenvalue weighted by Gasteiger charge is -2.27. The molecule has 0 saturated heterocycles. The van der Waals surface area contributed by atoms with Gasteiger partial charge in [-0.25, -0.2) is 8.42 Å². The molecule has 0 bridgehead atoms. The first-order chi connectivity index (χ1) is 10.6. The highest BCUT2D eigenvalue weighted by atomic mass is 32.2. The van der Waals surface area contributed by atoms with Crippen LogP contribution in [0.2, 0.25) is 0 Å². The van der Waals surface area contributed by atoms with E-state index in [0.717, 1.165) is 0 Å². The SMILES string of the molecule is COc1ccc(S(=O)(=O)N[C@@](C)(C#N)C(C)C)cc1NC(C)=O. The number of nitriles is 1. The number of ether oxygens (including phenoxy) is 1. The predicted molar refractivity (Wildman–Crippen MR) is 86.5 cm³/mol. The topological polar surface area (TPSA) is 108 Å². The molecule has 7 nitrogen and oxygen atoms in total. The molecule has 0 fully saturated rings. The van der Waals surface area contributed by atoms with Crippen molar-refractivity contribution in [3.8, 4) is 11.8 Å². The second-order valence-corrected chi connectivity index (χ2v) is 7.30. The van der Waals surface area contributed by atoms with Gasteiger partial charge in [-0.2, -0.15) is 9.98 Å². The minimum absolute atomic E-state index is 0.0656. The van der Waals surface area contributed by atoms with Crippen LogP contribution in [0.5, 0.6) is 5.75 Å². The van der Waals surface area contributed by atoms with Crippen LogP contribution in [-0.4, -0.2) is 27.0 Å². The maximum atomic E-state index is 12.5. The fourth-order valence-corrected chi connectivity index (χ4v) is 3.23. The summed E-state index contributed by atoms with van der Waals surface area (Å²) in [5, 5.41) is 11.8. The van der Waals surface area contributed by atoms with E-state index in [1.807, 2.05) is 6.07 Å². The highest BCUT2D eigenvalue weighted by Gasteiger charge is 2.34. The van der Waals surface area contributed by atoms with Crippen LogP contribution in [0.3, 0.4) is 0 Å². The van der Waals surface area contributed by atoms with Crippen LogP contribution >= 0.6 is 0 Å². The molecule has 2 N–H and O–H groups in total. The fraction of sp³-hybridized carbons (Fsp3) is 0.467. The highest BCUT2D eigenvalue weighted by molar-refractivity contribution is 7.89. The van der Waals surface area contributed by atoms with Gasteiger partial charge in [0, 0.05) is 6.92 Å². The van der Waals surface area contributed by atoms with Gasteiger partial charge in [-0.1, -0.05) is 13.8 Å². The van der Waals surface area contributed by atoms with E-state index in [1.165, 1.54) is 39.2 Å². The number of nitrogens with one attached hydrogen (secondary N) is 2. The third kappa shape index (κ3) is 4.43. The van der Waals surface area contributed by atoms with Gasteiger partial charge >= 0.3 is 0 Å². The van der Waals surface area contributed by atoms with Crippen LogP contribution in [-0.2, 0) is 14.8 Å². The summed E-state index contributed by atoms with van der Waals surface area (Å²) in [7, 11) is -2.52. The molecule has 23 heavy (non-hydrogen) atoms. The fourth-order valence-electron chi connectivity index (χ4n) is 1.75. The number of rotatable bonds is 6. The smallest absolute Gasteiger partial charge is 0.242 e. The van der Waals surface area contributed by atoms with Crippen molar-refractivity contribution in [1.29, 1.82) is 5.26 Å². The van der Waals surface area contributed by atoms with Crippen molar-refractivity contribution < 1.29 is 17.9 Å². The largest absolute Gasteiger partial charge is 0.495 e. The third-order valence-corrected chi connectivity index (χ3v) is 5.09. The number of anilines is 1. The Kier molecular flexibility index (Phi) is 5.75. The summed E-state index contributed by atoms with van der Waals surface area (Å²) < 4.78 is 32.6. The Hall–Kier alpha value is -2.11. The molecule has 0 aliphatic heterocycles. The van der Waals surface area contributed by atoms with Crippen LogP contribution in [0.25, 0.3) is 0 Å². The molecule has 1 aromatic rings. The molecule has 1 amide bonds. The number of nitrogens with zero attached hydrogens (tertiary/aromatic N) is 1. The Morgan fingerprint density at radius 1 is 1.39 bits per heavy atom. The van der Waals surface area contributed by atoms with Crippen LogP contribution < -0.4 is 14.8 Å². The van der Waals surface area contributed by atoms with Crippen molar-refractivity contribution in [2.24, 2.45) is 5.92 Å². The summed E-state index contributed by atoms with van der Waals surface area (Å²) in [4.78, 5) is 11.2. The lowest BCUT2D eigenvalue weighted by Crippen LogP contribution is -2.48. The van der Waals surface area contributed by atoms with E-state index in [9.17, 15) is 18.5 Å². The Labute approximate surface area is 136 Å². The molecule has 8 heteroatoms. The predicted octanol–water partition coefficient (Wildman–Crippen LogP) is 1.87. The molecule has 1 rings (SSSR count). The van der Waals surface area contributed by atoms with E-state index in [4.69, 9.17) is 4.74 Å². The molecule has 0 heterocycles. The molecule has 0 aliphatic carbocycles. The first-order valence-corrected chi connectivity index (χ1v) is 8.45. The molecule has 1 aromatic carbocycles. The van der Waals surface area contributed by atoms with Gasteiger partial charge in [-0.3, -0.25) is 4.79 Å². The minimum Gasteiger partial charge on any atom is -0.495 e. The zero-order chi connectivity index (χ0) is 17.8. The average molecular weight is 339 g/mol. The molecule has 0 spiro atoms. The zero-order valence-electron chi connectivity index (χ0n) is 13.8. The van der Waals surface area contributed by atoms with Crippen LogP contribution in [0.15, 0.2) is 23.1 Å². The van der Waals surface area contributed by atoms with Gasteiger partial charge in [0.05, 0.1) is 23.8 Å². The molecule has 126 valence electrons. The van der Waals surface area contributed by atoms with E-state index in [1.54, 1.807) is 13.8 Å². The summed E-state index contributed by atoms with van der Waals surface area (Å²) >= 11 is 0. The second kappa shape index (κ2) is 6.98. The molecule has 0 radical (unpaired) electrons. The molecule has 0 aromatic heterocycles. The molecular formula is C15H21N3O4S.